The maximum absolute atomic E-state index is 4.05. The lowest BCUT2D eigenvalue weighted by Gasteiger charge is -1.87. The Morgan fingerprint density at radius 3 is 3.08 bits per heavy atom. The van der Waals surface area contributed by atoms with Crippen molar-refractivity contribution in [1.82, 2.24) is 15.0 Å². The Bertz CT molecular complexity index is 350. The molecular formula is C8H9N3S. The predicted octanol–water partition coefficient (Wildman–Crippen LogP) is 2.03. The Labute approximate surface area is 74.7 Å². The molecule has 0 bridgehead atoms. The normalized spacial score (nSPS) is 10.4. The van der Waals surface area contributed by atoms with Gasteiger partial charge in [-0.3, -0.25) is 4.68 Å². The van der Waals surface area contributed by atoms with Crippen molar-refractivity contribution < 1.29 is 0 Å². The van der Waals surface area contributed by atoms with Crippen LogP contribution in [-0.2, 0) is 6.54 Å². The van der Waals surface area contributed by atoms with Crippen LogP contribution in [0.2, 0.25) is 0 Å². The zero-order valence-electron chi connectivity index (χ0n) is 6.77. The SMILES string of the molecule is CCn1cc(-c2ccsc2)nn1. The van der Waals surface area contributed by atoms with Gasteiger partial charge in [-0.1, -0.05) is 5.21 Å². The number of rotatable bonds is 2. The molecule has 0 aliphatic rings. The summed E-state index contributed by atoms with van der Waals surface area (Å²) in [6.45, 7) is 2.92. The highest BCUT2D eigenvalue weighted by molar-refractivity contribution is 7.08. The summed E-state index contributed by atoms with van der Waals surface area (Å²) in [6, 6.07) is 2.05. The average molecular weight is 179 g/mol. The molecule has 0 radical (unpaired) electrons. The second-order valence-corrected chi connectivity index (χ2v) is 3.25. The van der Waals surface area contributed by atoms with Gasteiger partial charge in [0, 0.05) is 17.5 Å². The summed E-state index contributed by atoms with van der Waals surface area (Å²) in [6.07, 6.45) is 1.96. The van der Waals surface area contributed by atoms with Crippen LogP contribution in [-0.4, -0.2) is 15.0 Å². The minimum Gasteiger partial charge on any atom is -0.252 e. The Morgan fingerprint density at radius 1 is 1.58 bits per heavy atom. The van der Waals surface area contributed by atoms with E-state index in [1.165, 1.54) is 0 Å². The highest BCUT2D eigenvalue weighted by Crippen LogP contribution is 2.18. The number of aryl methyl sites for hydroxylation is 1. The van der Waals surface area contributed by atoms with Gasteiger partial charge in [0.15, 0.2) is 0 Å². The first-order chi connectivity index (χ1) is 5.90. The van der Waals surface area contributed by atoms with E-state index in [0.717, 1.165) is 17.8 Å². The first-order valence-corrected chi connectivity index (χ1v) is 4.77. The van der Waals surface area contributed by atoms with Gasteiger partial charge in [-0.05, 0) is 18.4 Å². The maximum Gasteiger partial charge on any atom is 0.113 e. The fourth-order valence-corrected chi connectivity index (χ4v) is 1.65. The zero-order valence-corrected chi connectivity index (χ0v) is 7.58. The molecule has 0 aliphatic heterocycles. The standard InChI is InChI=1S/C8H9N3S/c1-2-11-5-8(9-10-11)7-3-4-12-6-7/h3-6H,2H2,1H3. The molecule has 0 atom stereocenters. The van der Waals surface area contributed by atoms with E-state index in [0.29, 0.717) is 0 Å². The van der Waals surface area contributed by atoms with Crippen molar-refractivity contribution in [2.24, 2.45) is 0 Å². The third-order valence-corrected chi connectivity index (χ3v) is 2.36. The summed E-state index contributed by atoms with van der Waals surface area (Å²) in [5.74, 6) is 0. The molecule has 0 amide bonds. The molecule has 0 aliphatic carbocycles. The Morgan fingerprint density at radius 2 is 2.50 bits per heavy atom. The number of hydrogen-bond donors (Lipinski definition) is 0. The lowest BCUT2D eigenvalue weighted by Crippen LogP contribution is -1.93. The van der Waals surface area contributed by atoms with Gasteiger partial charge < -0.3 is 0 Å². The van der Waals surface area contributed by atoms with E-state index in [4.69, 9.17) is 0 Å². The average Bonchev–Trinajstić information content (AvgIpc) is 2.75. The first-order valence-electron chi connectivity index (χ1n) is 3.83. The molecule has 0 N–H and O–H groups in total. The fraction of sp³-hybridized carbons (Fsp3) is 0.250. The summed E-state index contributed by atoms with van der Waals surface area (Å²) < 4.78 is 1.83. The lowest BCUT2D eigenvalue weighted by atomic mass is 10.3. The molecule has 2 heterocycles. The molecule has 0 fully saturated rings. The van der Waals surface area contributed by atoms with Crippen LogP contribution in [0.3, 0.4) is 0 Å². The van der Waals surface area contributed by atoms with Crippen LogP contribution >= 0.6 is 11.3 Å². The lowest BCUT2D eigenvalue weighted by molar-refractivity contribution is 0.627. The van der Waals surface area contributed by atoms with Crippen molar-refractivity contribution in [3.05, 3.63) is 23.0 Å². The number of hydrogen-bond acceptors (Lipinski definition) is 3. The van der Waals surface area contributed by atoms with Gasteiger partial charge in [-0.25, -0.2) is 0 Å². The van der Waals surface area contributed by atoms with Gasteiger partial charge in [0.05, 0.1) is 6.20 Å². The Kier molecular flexibility index (Phi) is 1.91. The van der Waals surface area contributed by atoms with E-state index in [1.54, 1.807) is 11.3 Å². The van der Waals surface area contributed by atoms with E-state index in [-0.39, 0.29) is 0 Å². The number of thiophene rings is 1. The van der Waals surface area contributed by atoms with Gasteiger partial charge in [-0.2, -0.15) is 11.3 Å². The molecule has 62 valence electrons. The molecule has 0 saturated heterocycles. The van der Waals surface area contributed by atoms with Crippen molar-refractivity contribution in [3.8, 4) is 11.3 Å². The Balaban J connectivity index is 2.35. The van der Waals surface area contributed by atoms with Crippen molar-refractivity contribution in [1.29, 1.82) is 0 Å². The van der Waals surface area contributed by atoms with Crippen LogP contribution in [0.5, 0.6) is 0 Å². The molecule has 0 saturated carbocycles. The first kappa shape index (κ1) is 7.49. The monoisotopic (exact) mass is 179 g/mol. The van der Waals surface area contributed by atoms with E-state index in [9.17, 15) is 0 Å². The smallest absolute Gasteiger partial charge is 0.113 e. The fourth-order valence-electron chi connectivity index (χ4n) is 0.995. The van der Waals surface area contributed by atoms with Crippen LogP contribution in [0.1, 0.15) is 6.92 Å². The number of nitrogens with zero attached hydrogens (tertiary/aromatic N) is 3. The molecule has 0 aromatic carbocycles. The summed E-state index contributed by atoms with van der Waals surface area (Å²) in [4.78, 5) is 0. The van der Waals surface area contributed by atoms with Crippen molar-refractivity contribution in [2.45, 2.75) is 13.5 Å². The second-order valence-electron chi connectivity index (χ2n) is 2.47. The van der Waals surface area contributed by atoms with E-state index < -0.39 is 0 Å². The summed E-state index contributed by atoms with van der Waals surface area (Å²) >= 11 is 1.67. The van der Waals surface area contributed by atoms with E-state index in [2.05, 4.69) is 21.8 Å². The minimum atomic E-state index is 0.872. The molecule has 2 aromatic rings. The predicted molar refractivity (Wildman–Crippen MR) is 49.0 cm³/mol. The third kappa shape index (κ3) is 1.25. The van der Waals surface area contributed by atoms with Gasteiger partial charge in [-0.15, -0.1) is 5.10 Å². The van der Waals surface area contributed by atoms with E-state index in [1.807, 2.05) is 23.2 Å². The summed E-state index contributed by atoms with van der Waals surface area (Å²) in [7, 11) is 0. The van der Waals surface area contributed by atoms with Crippen molar-refractivity contribution >= 4 is 11.3 Å². The van der Waals surface area contributed by atoms with Gasteiger partial charge in [0.2, 0.25) is 0 Å². The van der Waals surface area contributed by atoms with Crippen LogP contribution in [0.25, 0.3) is 11.3 Å². The van der Waals surface area contributed by atoms with Crippen LogP contribution in [0.4, 0.5) is 0 Å². The van der Waals surface area contributed by atoms with Gasteiger partial charge in [0.1, 0.15) is 5.69 Å². The highest BCUT2D eigenvalue weighted by atomic mass is 32.1. The van der Waals surface area contributed by atoms with Gasteiger partial charge in [0.25, 0.3) is 0 Å². The molecule has 2 rings (SSSR count). The number of aromatic nitrogens is 3. The quantitative estimate of drug-likeness (QED) is 0.706. The van der Waals surface area contributed by atoms with Crippen LogP contribution in [0.15, 0.2) is 23.0 Å². The van der Waals surface area contributed by atoms with E-state index >= 15 is 0 Å². The molecular weight excluding hydrogens is 170 g/mol. The van der Waals surface area contributed by atoms with Gasteiger partial charge >= 0.3 is 0 Å². The molecule has 0 spiro atoms. The highest BCUT2D eigenvalue weighted by Gasteiger charge is 2.01. The molecule has 0 unspecified atom stereocenters. The summed E-state index contributed by atoms with van der Waals surface area (Å²) in [5.41, 5.74) is 2.11. The molecule has 12 heavy (non-hydrogen) atoms. The second kappa shape index (κ2) is 3.06. The minimum absolute atomic E-state index is 0.872. The topological polar surface area (TPSA) is 30.7 Å². The van der Waals surface area contributed by atoms with Crippen molar-refractivity contribution in [2.75, 3.05) is 0 Å². The third-order valence-electron chi connectivity index (χ3n) is 1.68. The largest absolute Gasteiger partial charge is 0.252 e. The summed E-state index contributed by atoms with van der Waals surface area (Å²) in [5, 5.41) is 12.1. The maximum atomic E-state index is 4.05. The van der Waals surface area contributed by atoms with Crippen LogP contribution < -0.4 is 0 Å². The molecule has 4 heteroatoms. The molecule has 2 aromatic heterocycles. The Hall–Kier alpha value is -1.16. The van der Waals surface area contributed by atoms with Crippen LogP contribution in [0, 0.1) is 0 Å². The van der Waals surface area contributed by atoms with Crippen molar-refractivity contribution in [3.63, 3.8) is 0 Å². The molecule has 3 nitrogen and oxygen atoms in total. The zero-order chi connectivity index (χ0) is 8.39.